The lowest BCUT2D eigenvalue weighted by Crippen LogP contribution is -2.63. The van der Waals surface area contributed by atoms with E-state index in [2.05, 4.69) is 39.6 Å². The number of urea groups is 1. The van der Waals surface area contributed by atoms with Gasteiger partial charge in [-0.1, -0.05) is 119 Å². The molecular formula is C77H101N7O19. The molecule has 1 unspecified atom stereocenters. The van der Waals surface area contributed by atoms with Crippen LogP contribution in [-0.2, 0) is 94.2 Å². The third-order valence-corrected chi connectivity index (χ3v) is 20.7. The van der Waals surface area contributed by atoms with Crippen LogP contribution in [0, 0.1) is 34.5 Å². The van der Waals surface area contributed by atoms with E-state index in [1.807, 2.05) is 74.5 Å². The molecule has 4 aliphatic carbocycles. The van der Waals surface area contributed by atoms with Crippen LogP contribution in [0.5, 0.6) is 0 Å². The number of para-hydroxylation sites is 1. The molecule has 4 fully saturated rings. The van der Waals surface area contributed by atoms with Crippen LogP contribution in [0.3, 0.4) is 0 Å². The van der Waals surface area contributed by atoms with E-state index in [-0.39, 0.29) is 145 Å². The van der Waals surface area contributed by atoms with Crippen LogP contribution in [0.15, 0.2) is 96.6 Å². The molecule has 11 atom stereocenters. The van der Waals surface area contributed by atoms with Crippen LogP contribution in [0.1, 0.15) is 140 Å². The Labute approximate surface area is 601 Å². The Kier molecular flexibility index (Phi) is 28.5. The third-order valence-electron chi connectivity index (χ3n) is 20.7. The minimum Gasteiger partial charge on any atom is -0.461 e. The quantitative estimate of drug-likeness (QED) is 0.0227. The predicted molar refractivity (Wildman–Crippen MR) is 379 cm³/mol. The van der Waals surface area contributed by atoms with Crippen molar-refractivity contribution in [2.45, 2.75) is 167 Å². The van der Waals surface area contributed by atoms with Crippen molar-refractivity contribution >= 4 is 82.6 Å². The van der Waals surface area contributed by atoms with Gasteiger partial charge < -0.3 is 80.2 Å². The number of nitrogens with zero attached hydrogens (tertiary/aromatic N) is 1. The highest BCUT2D eigenvalue weighted by molar-refractivity contribution is 6.02. The van der Waals surface area contributed by atoms with Crippen molar-refractivity contribution in [2.24, 2.45) is 40.2 Å². The molecule has 1 saturated heterocycles. The van der Waals surface area contributed by atoms with Gasteiger partial charge in [-0.15, -0.1) is 0 Å². The number of fused-ring (bicyclic) bond motifs is 9. The van der Waals surface area contributed by atoms with Gasteiger partial charge in [0.2, 0.25) is 35.3 Å². The summed E-state index contributed by atoms with van der Waals surface area (Å²) in [7, 11) is 0. The average molecular weight is 1430 g/mol. The number of anilines is 2. The van der Waals surface area contributed by atoms with Crippen LogP contribution in [0.2, 0.25) is 0 Å². The van der Waals surface area contributed by atoms with Crippen LogP contribution < -0.4 is 37.2 Å². The molecule has 103 heavy (non-hydrogen) atoms. The van der Waals surface area contributed by atoms with Crippen molar-refractivity contribution < 1.29 is 90.9 Å². The van der Waals surface area contributed by atoms with Crippen molar-refractivity contribution in [1.82, 2.24) is 21.3 Å². The first-order valence-electron chi connectivity index (χ1n) is 36.1. The topological polar surface area (TPSA) is 354 Å². The number of allylic oxidation sites excluding steroid dienone is 4. The van der Waals surface area contributed by atoms with Crippen LogP contribution in [-0.4, -0.2) is 173 Å². The van der Waals surface area contributed by atoms with E-state index in [1.54, 1.807) is 55.2 Å². The van der Waals surface area contributed by atoms with Gasteiger partial charge in [0.25, 0.3) is 0 Å². The molecule has 558 valence electrons. The number of ether oxygens (including phenoxy) is 8. The number of nitrogens with one attached hydrogen (secondary N) is 5. The summed E-state index contributed by atoms with van der Waals surface area (Å²) in [5, 5.41) is 25.6. The summed E-state index contributed by atoms with van der Waals surface area (Å²) >= 11 is 0. The van der Waals surface area contributed by atoms with Gasteiger partial charge >= 0.3 is 18.0 Å². The first-order chi connectivity index (χ1) is 49.5. The zero-order chi connectivity index (χ0) is 73.7. The van der Waals surface area contributed by atoms with Gasteiger partial charge in [0.05, 0.1) is 90.1 Å². The Balaban J connectivity index is 0.624. The molecular weight excluding hydrogens is 1330 g/mol. The number of amides is 7. The summed E-state index contributed by atoms with van der Waals surface area (Å²) in [4.78, 5) is 133. The van der Waals surface area contributed by atoms with Crippen LogP contribution in [0.4, 0.5) is 16.2 Å². The van der Waals surface area contributed by atoms with E-state index < -0.39 is 95.1 Å². The van der Waals surface area contributed by atoms with Crippen LogP contribution in [0.25, 0.3) is 12.2 Å². The fraction of sp³-hybridized carbons (Fsp3) is 0.558. The minimum atomic E-state index is -1.48. The molecule has 6 aliphatic rings. The molecule has 0 spiro atoms. The van der Waals surface area contributed by atoms with Gasteiger partial charge in [0.1, 0.15) is 18.7 Å². The predicted octanol–water partition coefficient (Wildman–Crippen LogP) is 6.87. The smallest absolute Gasteiger partial charge is 0.312 e. The summed E-state index contributed by atoms with van der Waals surface area (Å²) in [6.45, 7) is 11.5. The molecule has 26 heteroatoms. The second kappa shape index (κ2) is 37.3. The van der Waals surface area contributed by atoms with Crippen molar-refractivity contribution in [2.75, 3.05) is 82.8 Å². The molecule has 26 nitrogen and oxygen atoms in total. The molecule has 3 saturated carbocycles. The molecule has 8 N–H and O–H groups in total. The second-order valence-corrected chi connectivity index (χ2v) is 28.0. The molecule has 0 bridgehead atoms. The largest absolute Gasteiger partial charge is 0.461 e. The fourth-order valence-electron chi connectivity index (χ4n) is 15.5. The maximum atomic E-state index is 14.6. The number of esters is 2. The maximum absolute atomic E-state index is 14.6. The molecule has 0 aromatic heterocycles. The Morgan fingerprint density at radius 2 is 1.40 bits per heavy atom. The number of rotatable bonds is 38. The molecule has 7 amide bonds. The highest BCUT2D eigenvalue weighted by atomic mass is 16.7. The molecule has 3 aromatic rings. The first kappa shape index (κ1) is 78.6. The summed E-state index contributed by atoms with van der Waals surface area (Å²) in [6, 6.07) is 19.1. The zero-order valence-electron chi connectivity index (χ0n) is 59.7. The van der Waals surface area contributed by atoms with Crippen molar-refractivity contribution in [3.8, 4) is 0 Å². The number of benzene rings is 3. The number of carbonyl (C=O) groups is 10. The van der Waals surface area contributed by atoms with Crippen molar-refractivity contribution in [1.29, 1.82) is 0 Å². The molecule has 0 radical (unpaired) electrons. The van der Waals surface area contributed by atoms with Gasteiger partial charge in [-0.05, 0) is 115 Å². The van der Waals surface area contributed by atoms with E-state index in [0.717, 1.165) is 40.8 Å². The monoisotopic (exact) mass is 1430 g/mol. The lowest BCUT2D eigenvalue weighted by atomic mass is 9.46. The van der Waals surface area contributed by atoms with Crippen molar-refractivity contribution in [3.05, 3.63) is 119 Å². The Bertz CT molecular complexity index is 3600. The highest BCUT2D eigenvalue weighted by Gasteiger charge is 2.76. The lowest BCUT2D eigenvalue weighted by molar-refractivity contribution is -0.201. The Morgan fingerprint density at radius 1 is 0.728 bits per heavy atom. The number of aliphatic hydroxyl groups is 1. The third kappa shape index (κ3) is 20.3. The van der Waals surface area contributed by atoms with E-state index in [0.29, 0.717) is 56.9 Å². The number of nitrogens with two attached hydrogens (primary N) is 1. The van der Waals surface area contributed by atoms with Gasteiger partial charge in [0, 0.05) is 54.8 Å². The number of aliphatic hydroxyl groups excluding tert-OH is 1. The van der Waals surface area contributed by atoms with E-state index >= 15 is 0 Å². The molecule has 9 rings (SSSR count). The summed E-state index contributed by atoms with van der Waals surface area (Å²) in [5.41, 5.74) is 8.11. The number of primary amides is 1. The summed E-state index contributed by atoms with van der Waals surface area (Å²) in [6.07, 6.45) is 10.4. The SMILES string of the molecule is CCCC1O[C@@H]2C[C@H]3[C@@H]4CCC5=CC(=O)C=C[C@]5(C)[C@H]4[C@@H](O)C[C@]3(C)[C@]2(C(=O)COC(=O)CCC(=O)OCc2ccc(NC(=O)[C@H](CCCNC(N)=O)NC(=O)[C@@H](NC(=O)CCOCCOCCOCCOCCNC(=O)CCC(=O)N3Cc4ccccc4/C=C\c4ccccc43)C(C)C)cc2)O1. The van der Waals surface area contributed by atoms with Gasteiger partial charge in [-0.3, -0.25) is 43.2 Å². The van der Waals surface area contributed by atoms with Gasteiger partial charge in [-0.2, -0.15) is 0 Å². The maximum Gasteiger partial charge on any atom is 0.312 e. The first-order valence-corrected chi connectivity index (χ1v) is 36.1. The molecule has 2 heterocycles. The number of carbonyl (C=O) groups excluding carboxylic acids is 10. The molecule has 3 aromatic carbocycles. The Hall–Kier alpha value is -8.50. The molecule has 2 aliphatic heterocycles. The second-order valence-electron chi connectivity index (χ2n) is 28.0. The average Bonchev–Trinajstić information content (AvgIpc) is 1.53. The number of hydrogen-bond acceptors (Lipinski definition) is 19. The summed E-state index contributed by atoms with van der Waals surface area (Å²) in [5.74, 6) is -4.63. The van der Waals surface area contributed by atoms with E-state index in [9.17, 15) is 53.1 Å². The van der Waals surface area contributed by atoms with E-state index in [1.165, 1.54) is 0 Å². The van der Waals surface area contributed by atoms with E-state index in [4.69, 9.17) is 43.6 Å². The number of ketones is 2. The number of Topliss-reactive ketones (excluding diaryl/α,β-unsaturated/α-hetero) is 1. The van der Waals surface area contributed by atoms with Crippen molar-refractivity contribution in [3.63, 3.8) is 0 Å². The highest BCUT2D eigenvalue weighted by Crippen LogP contribution is 2.70. The number of hydrogen-bond donors (Lipinski definition) is 7. The van der Waals surface area contributed by atoms with Crippen LogP contribution >= 0.6 is 0 Å². The lowest BCUT2D eigenvalue weighted by Gasteiger charge is -2.59. The fourth-order valence-corrected chi connectivity index (χ4v) is 15.5. The zero-order valence-corrected chi connectivity index (χ0v) is 59.7. The summed E-state index contributed by atoms with van der Waals surface area (Å²) < 4.78 is 46.5. The van der Waals surface area contributed by atoms with Gasteiger partial charge in [-0.25, -0.2) is 4.79 Å². The Morgan fingerprint density at radius 3 is 2.11 bits per heavy atom. The normalized spacial score (nSPS) is 24.4. The standard InChI is InChI=1S/C77H101N7O19/c1-6-12-69-102-63-44-58-57-25-22-54-43-56(85)30-32-75(54,4)70(57)61(86)45-76(58,5)77(63,103-69)62(87)48-101-68(92)29-28-67(91)100-47-50-18-23-55(24-19-50)81-72(93)59(16-11-33-80-74(78)95)82-73(94)71(49(2)3)83-65(89)31-35-96-37-39-98-41-42-99-40-38-97-36-34-79-64(88)26-27-66(90)84-46-53-15-8-7-13-51(53)20-21-52-14-9-10-17-60(52)84/h7-10,13-15,17-21,23-24,30,32,43,49,57-59,61,63,69-71,86H,6,11-12,16,22,25-29,31,33-42,44-48H2,1-5H3,(H,79,88)(H,81,93)(H,82,94)(H,83,89)(H3,78,80,95)/b21-20-/t57-,58-,59-,61-,63+,69?,70+,71-,75-,76-,77+/m0/s1. The van der Waals surface area contributed by atoms with Gasteiger partial charge in [0.15, 0.2) is 24.3 Å². The minimum absolute atomic E-state index is 0.0110.